The predicted molar refractivity (Wildman–Crippen MR) is 102 cm³/mol. The second-order valence-electron chi connectivity index (χ2n) is 7.58. The highest BCUT2D eigenvalue weighted by Crippen LogP contribution is 2.76. The molecule has 1 saturated carbocycles. The van der Waals surface area contributed by atoms with Crippen LogP contribution >= 0.6 is 7.26 Å². The quantitative estimate of drug-likeness (QED) is 0.736. The Balaban J connectivity index is 1.89. The van der Waals surface area contributed by atoms with Crippen LogP contribution in [0.1, 0.15) is 56.6 Å². The van der Waals surface area contributed by atoms with Crippen molar-refractivity contribution in [3.8, 4) is 0 Å². The van der Waals surface area contributed by atoms with Crippen LogP contribution in [0.3, 0.4) is 0 Å². The number of nitrogens with one attached hydrogen (secondary N) is 1. The Morgan fingerprint density at radius 3 is 2.17 bits per heavy atom. The van der Waals surface area contributed by atoms with Gasteiger partial charge in [-0.3, -0.25) is 4.79 Å². The van der Waals surface area contributed by atoms with Gasteiger partial charge in [0.25, 0.3) is 5.91 Å². The van der Waals surface area contributed by atoms with Gasteiger partial charge in [-0.15, -0.1) is 0 Å². The molecule has 0 spiro atoms. The van der Waals surface area contributed by atoms with Crippen molar-refractivity contribution >= 4 is 18.9 Å². The summed E-state index contributed by atoms with van der Waals surface area (Å²) in [6.45, 7) is 6.55. The first-order valence-corrected chi connectivity index (χ1v) is 11.6. The van der Waals surface area contributed by atoms with Crippen molar-refractivity contribution < 1.29 is 4.79 Å². The zero-order valence-corrected chi connectivity index (χ0v) is 15.8. The number of hydrogen-bond acceptors (Lipinski definition) is 1. The zero-order valence-electron chi connectivity index (χ0n) is 15.0. The normalized spacial score (nSPS) is 22.2. The predicted octanol–water partition coefficient (Wildman–Crippen LogP) is 5.39. The molecule has 1 aliphatic carbocycles. The van der Waals surface area contributed by atoms with E-state index in [1.54, 1.807) is 0 Å². The molecule has 0 atom stereocenters. The molecule has 1 N–H and O–H groups in total. The van der Waals surface area contributed by atoms with Crippen LogP contribution in [0.5, 0.6) is 0 Å². The molecule has 2 nitrogen and oxygen atoms in total. The lowest BCUT2D eigenvalue weighted by molar-refractivity contribution is -0.120. The van der Waals surface area contributed by atoms with Gasteiger partial charge in [-0.2, -0.15) is 0 Å². The minimum absolute atomic E-state index is 0.00308. The molecule has 0 unspecified atom stereocenters. The van der Waals surface area contributed by atoms with Crippen molar-refractivity contribution in [3.05, 3.63) is 29.3 Å². The Morgan fingerprint density at radius 1 is 1.09 bits per heavy atom. The van der Waals surface area contributed by atoms with Crippen LogP contribution < -0.4 is 5.32 Å². The maximum atomic E-state index is 13.4. The van der Waals surface area contributed by atoms with Crippen LogP contribution in [0.4, 0.5) is 5.69 Å². The number of aryl methyl sites for hydroxylation is 2. The molecular weight excluding hydrogens is 301 g/mol. The number of hydrogen-bond donors (Lipinski definition) is 1. The summed E-state index contributed by atoms with van der Waals surface area (Å²) in [6, 6.07) is 6.27. The summed E-state index contributed by atoms with van der Waals surface area (Å²) in [5.74, 6) is 0.346. The van der Waals surface area contributed by atoms with E-state index in [0.29, 0.717) is 5.91 Å². The summed E-state index contributed by atoms with van der Waals surface area (Å²) in [5, 5.41) is 3.36. The molecular formula is C20H31NOP+. The molecule has 2 aliphatic rings. The van der Waals surface area contributed by atoms with E-state index < -0.39 is 7.26 Å². The van der Waals surface area contributed by atoms with E-state index in [-0.39, 0.29) is 5.16 Å². The monoisotopic (exact) mass is 332 g/mol. The molecule has 1 amide bonds. The molecule has 2 fully saturated rings. The number of carbonyl (C=O) groups is 1. The number of para-hydroxylation sites is 1. The first-order valence-electron chi connectivity index (χ1n) is 9.28. The highest BCUT2D eigenvalue weighted by atomic mass is 31.2. The van der Waals surface area contributed by atoms with E-state index in [0.717, 1.165) is 18.5 Å². The van der Waals surface area contributed by atoms with Gasteiger partial charge in [-0.1, -0.05) is 18.2 Å². The zero-order chi connectivity index (χ0) is 16.5. The number of amides is 1. The van der Waals surface area contributed by atoms with Crippen LogP contribution in [0.15, 0.2) is 18.2 Å². The topological polar surface area (TPSA) is 29.1 Å². The fourth-order valence-electron chi connectivity index (χ4n) is 4.83. The lowest BCUT2D eigenvalue weighted by Gasteiger charge is -2.50. The summed E-state index contributed by atoms with van der Waals surface area (Å²) < 4.78 is 0. The molecule has 3 heteroatoms. The first-order chi connectivity index (χ1) is 11.0. The lowest BCUT2D eigenvalue weighted by atomic mass is 9.83. The highest BCUT2D eigenvalue weighted by Gasteiger charge is 2.64. The summed E-state index contributed by atoms with van der Waals surface area (Å²) >= 11 is 0. The van der Waals surface area contributed by atoms with E-state index in [1.807, 2.05) is 0 Å². The molecule has 1 heterocycles. The second kappa shape index (κ2) is 6.55. The van der Waals surface area contributed by atoms with Crippen molar-refractivity contribution in [2.75, 3.05) is 23.8 Å². The largest absolute Gasteiger partial charge is 0.322 e. The summed E-state index contributed by atoms with van der Waals surface area (Å²) in [4.78, 5) is 13.4. The van der Waals surface area contributed by atoms with Crippen LogP contribution in [0.2, 0.25) is 0 Å². The van der Waals surface area contributed by atoms with Gasteiger partial charge in [0, 0.05) is 12.9 Å². The maximum Gasteiger partial charge on any atom is 0.268 e. The van der Waals surface area contributed by atoms with E-state index in [9.17, 15) is 4.79 Å². The molecule has 1 aromatic carbocycles. The molecule has 1 aromatic rings. The van der Waals surface area contributed by atoms with Gasteiger partial charge in [0.1, 0.15) is 0 Å². The molecule has 126 valence electrons. The average molecular weight is 332 g/mol. The Hall–Kier alpha value is -0.880. The number of benzene rings is 1. The van der Waals surface area contributed by atoms with Gasteiger partial charge in [0.05, 0.1) is 18.5 Å². The third-order valence-electron chi connectivity index (χ3n) is 6.51. The third-order valence-corrected chi connectivity index (χ3v) is 12.5. The molecule has 0 aromatic heterocycles. The fourth-order valence-corrected chi connectivity index (χ4v) is 10.6. The standard InChI is InChI=1S/C20H30NOP/c1-4-23(14-6-5-7-15-23)20(12-9-13-20)19(22)21-18-16(2)10-8-11-17(18)3/h8,10-11H,4-7,9,12-15H2,1-3H3/p+1. The molecule has 1 aliphatic heterocycles. The first kappa shape index (κ1) is 17.0. The molecule has 1 saturated heterocycles. The minimum Gasteiger partial charge on any atom is -0.322 e. The van der Waals surface area contributed by atoms with E-state index in [1.165, 1.54) is 55.3 Å². The SMILES string of the molecule is CC[P+]1(C2(C(=O)Nc3c(C)cccc3C)CCC2)CCCCC1. The van der Waals surface area contributed by atoms with E-state index in [2.05, 4.69) is 44.3 Å². The summed E-state index contributed by atoms with van der Waals surface area (Å²) in [7, 11) is -1.14. The van der Waals surface area contributed by atoms with Gasteiger partial charge >= 0.3 is 0 Å². The lowest BCUT2D eigenvalue weighted by Crippen LogP contribution is -2.52. The van der Waals surface area contributed by atoms with Crippen molar-refractivity contribution in [3.63, 3.8) is 0 Å². The number of carbonyl (C=O) groups excluding carboxylic acids is 1. The third kappa shape index (κ3) is 2.74. The van der Waals surface area contributed by atoms with Crippen molar-refractivity contribution in [2.24, 2.45) is 0 Å². The summed E-state index contributed by atoms with van der Waals surface area (Å²) in [5.41, 5.74) is 3.41. The van der Waals surface area contributed by atoms with Crippen molar-refractivity contribution in [2.45, 2.75) is 64.5 Å². The average Bonchev–Trinajstić information content (AvgIpc) is 2.51. The highest BCUT2D eigenvalue weighted by molar-refractivity contribution is 7.78. The van der Waals surface area contributed by atoms with Crippen LogP contribution in [-0.4, -0.2) is 29.5 Å². The smallest absolute Gasteiger partial charge is 0.268 e. The molecule has 3 rings (SSSR count). The Bertz CT molecular complexity index is 565. The van der Waals surface area contributed by atoms with E-state index in [4.69, 9.17) is 0 Å². The number of anilines is 1. The van der Waals surface area contributed by atoms with Crippen molar-refractivity contribution in [1.82, 2.24) is 0 Å². The van der Waals surface area contributed by atoms with Gasteiger partial charge < -0.3 is 5.32 Å². The number of rotatable bonds is 4. The van der Waals surface area contributed by atoms with Crippen molar-refractivity contribution in [1.29, 1.82) is 0 Å². The molecule has 0 bridgehead atoms. The Labute approximate surface area is 141 Å². The van der Waals surface area contributed by atoms with Gasteiger partial charge in [0.2, 0.25) is 0 Å². The fraction of sp³-hybridized carbons (Fsp3) is 0.650. The van der Waals surface area contributed by atoms with E-state index >= 15 is 0 Å². The Kier molecular flexibility index (Phi) is 4.83. The van der Waals surface area contributed by atoms with Crippen LogP contribution in [0, 0.1) is 13.8 Å². The minimum atomic E-state index is -1.14. The summed E-state index contributed by atoms with van der Waals surface area (Å²) in [6.07, 6.45) is 11.5. The molecule has 23 heavy (non-hydrogen) atoms. The van der Waals surface area contributed by atoms with Gasteiger partial charge in [-0.05, 0) is 70.4 Å². The molecule has 0 radical (unpaired) electrons. The maximum absolute atomic E-state index is 13.4. The van der Waals surface area contributed by atoms with Gasteiger partial charge in [0.15, 0.2) is 5.16 Å². The van der Waals surface area contributed by atoms with Crippen LogP contribution in [-0.2, 0) is 4.79 Å². The van der Waals surface area contributed by atoms with Crippen LogP contribution in [0.25, 0.3) is 0 Å². The van der Waals surface area contributed by atoms with Gasteiger partial charge in [-0.25, -0.2) is 0 Å². The second-order valence-corrected chi connectivity index (χ2v) is 12.2. The Morgan fingerprint density at radius 2 is 1.70 bits per heavy atom.